The predicted molar refractivity (Wildman–Crippen MR) is 182 cm³/mol. The van der Waals surface area contributed by atoms with Crippen molar-refractivity contribution in [2.75, 3.05) is 0 Å². The molecular weight excluding hydrogens is 580 g/mol. The summed E-state index contributed by atoms with van der Waals surface area (Å²) in [6, 6.07) is 41.6. The lowest BCUT2D eigenvalue weighted by atomic mass is 9.99. The maximum Gasteiger partial charge on any atom is 0.344 e. The molecule has 5 heteroatoms. The van der Waals surface area contributed by atoms with E-state index in [1.807, 2.05) is 97.1 Å². The second-order valence-electron chi connectivity index (χ2n) is 11.3. The molecule has 0 fully saturated rings. The molecule has 1 aliphatic rings. The monoisotopic (exact) mass is 604 g/mol. The number of hydrogen-bond acceptors (Lipinski definition) is 4. The summed E-state index contributed by atoms with van der Waals surface area (Å²) in [4.78, 5) is 24.6. The molecule has 6 aromatic carbocycles. The lowest BCUT2D eigenvalue weighted by Crippen LogP contribution is -2.01. The van der Waals surface area contributed by atoms with E-state index in [-0.39, 0.29) is 11.3 Å². The van der Waals surface area contributed by atoms with Crippen LogP contribution in [-0.4, -0.2) is 0 Å². The van der Waals surface area contributed by atoms with Crippen molar-refractivity contribution >= 4 is 55.1 Å². The molecule has 0 atom stereocenters. The molecule has 9 rings (SSSR count). The van der Waals surface area contributed by atoms with Gasteiger partial charge in [0.25, 0.3) is 0 Å². The van der Waals surface area contributed by atoms with Crippen molar-refractivity contribution in [3.05, 3.63) is 176 Å². The van der Waals surface area contributed by atoms with Crippen LogP contribution in [0.15, 0.2) is 146 Å². The zero-order valence-electron chi connectivity index (χ0n) is 24.0. The molecule has 0 saturated carbocycles. The molecular formula is C40H25ClO4. The summed E-state index contributed by atoms with van der Waals surface area (Å²) < 4.78 is 10.9. The Kier molecular flexibility index (Phi) is 6.58. The van der Waals surface area contributed by atoms with E-state index in [1.54, 1.807) is 0 Å². The standard InChI is InChI=1S/C20H13ClO2.C20H12O2/c21-18-7-3-1-5-14(18)11-13-9-10-15-16-6-2-4-8-19(16)23-20(22)17(15)12-13;21-20-18-10-13-9-12-5-1-2-6-14(12)16(13)11-17(18)15-7-3-4-8-19(15)22-20/h1-10,12H,11H2;1-8,10-11H,9H2. The Labute approximate surface area is 262 Å². The van der Waals surface area contributed by atoms with Gasteiger partial charge in [0.15, 0.2) is 0 Å². The number of halogens is 1. The lowest BCUT2D eigenvalue weighted by molar-refractivity contribution is 0.569. The summed E-state index contributed by atoms with van der Waals surface area (Å²) in [5.74, 6) is 0. The van der Waals surface area contributed by atoms with Gasteiger partial charge in [0.1, 0.15) is 11.2 Å². The first-order chi connectivity index (χ1) is 22.0. The number of rotatable bonds is 2. The van der Waals surface area contributed by atoms with Crippen LogP contribution < -0.4 is 11.3 Å². The number of para-hydroxylation sites is 2. The van der Waals surface area contributed by atoms with E-state index in [9.17, 15) is 9.59 Å². The van der Waals surface area contributed by atoms with Crippen molar-refractivity contribution in [3.63, 3.8) is 0 Å². The number of fused-ring (bicyclic) bond motifs is 9. The Morgan fingerprint density at radius 1 is 0.511 bits per heavy atom. The molecule has 1 aliphatic carbocycles. The molecule has 0 saturated heterocycles. The van der Waals surface area contributed by atoms with Gasteiger partial charge < -0.3 is 8.83 Å². The van der Waals surface area contributed by atoms with Gasteiger partial charge in [-0.3, -0.25) is 0 Å². The normalized spacial score (nSPS) is 11.8. The average molecular weight is 605 g/mol. The van der Waals surface area contributed by atoms with Gasteiger partial charge in [-0.05, 0) is 88.0 Å². The summed E-state index contributed by atoms with van der Waals surface area (Å²) in [6.07, 6.45) is 1.57. The molecule has 2 aromatic heterocycles. The van der Waals surface area contributed by atoms with Crippen molar-refractivity contribution in [2.45, 2.75) is 12.8 Å². The first-order valence-corrected chi connectivity index (χ1v) is 15.2. The maximum atomic E-state index is 12.3. The molecule has 216 valence electrons. The van der Waals surface area contributed by atoms with E-state index in [4.69, 9.17) is 20.4 Å². The van der Waals surface area contributed by atoms with Gasteiger partial charge in [0.05, 0.1) is 10.8 Å². The quantitative estimate of drug-likeness (QED) is 0.146. The molecule has 0 aliphatic heterocycles. The molecule has 0 bridgehead atoms. The van der Waals surface area contributed by atoms with E-state index in [1.165, 1.54) is 22.3 Å². The van der Waals surface area contributed by atoms with Crippen LogP contribution in [0.5, 0.6) is 0 Å². The predicted octanol–water partition coefficient (Wildman–Crippen LogP) is 9.71. The first-order valence-electron chi connectivity index (χ1n) is 14.8. The topological polar surface area (TPSA) is 60.4 Å². The summed E-state index contributed by atoms with van der Waals surface area (Å²) >= 11 is 6.22. The van der Waals surface area contributed by atoms with Crippen LogP contribution in [0.1, 0.15) is 22.3 Å². The van der Waals surface area contributed by atoms with Gasteiger partial charge in [-0.15, -0.1) is 0 Å². The van der Waals surface area contributed by atoms with Gasteiger partial charge >= 0.3 is 11.3 Å². The fourth-order valence-corrected chi connectivity index (χ4v) is 6.61. The summed E-state index contributed by atoms with van der Waals surface area (Å²) in [6.45, 7) is 0. The number of benzene rings is 6. The Balaban J connectivity index is 0.000000134. The second kappa shape index (κ2) is 10.9. The van der Waals surface area contributed by atoms with Crippen molar-refractivity contribution in [2.24, 2.45) is 0 Å². The Bertz CT molecular complexity index is 2560. The fourth-order valence-electron chi connectivity index (χ4n) is 6.41. The highest BCUT2D eigenvalue weighted by atomic mass is 35.5. The Morgan fingerprint density at radius 2 is 1.13 bits per heavy atom. The SMILES string of the molecule is O=c1oc2ccccc2c2cc3c(cc12)Cc1ccccc1-3.O=c1oc2ccccc2c2ccc(Cc3ccccc3Cl)cc12. The molecule has 0 radical (unpaired) electrons. The zero-order valence-corrected chi connectivity index (χ0v) is 24.8. The minimum Gasteiger partial charge on any atom is -0.422 e. The van der Waals surface area contributed by atoms with Crippen LogP contribution in [0, 0.1) is 0 Å². The first kappa shape index (κ1) is 27.1. The average Bonchev–Trinajstić information content (AvgIpc) is 3.43. The zero-order chi connectivity index (χ0) is 30.5. The van der Waals surface area contributed by atoms with Gasteiger partial charge in [0.2, 0.25) is 0 Å². The molecule has 0 unspecified atom stereocenters. The van der Waals surface area contributed by atoms with E-state index in [2.05, 4.69) is 30.3 Å². The maximum absolute atomic E-state index is 12.3. The van der Waals surface area contributed by atoms with Crippen LogP contribution in [0.4, 0.5) is 0 Å². The molecule has 45 heavy (non-hydrogen) atoms. The van der Waals surface area contributed by atoms with E-state index in [0.717, 1.165) is 44.1 Å². The lowest BCUT2D eigenvalue weighted by Gasteiger charge is -2.07. The third-order valence-electron chi connectivity index (χ3n) is 8.57. The molecule has 2 heterocycles. The molecule has 0 spiro atoms. The van der Waals surface area contributed by atoms with Gasteiger partial charge in [-0.2, -0.15) is 0 Å². The van der Waals surface area contributed by atoms with Crippen LogP contribution in [-0.2, 0) is 12.8 Å². The number of hydrogen-bond donors (Lipinski definition) is 0. The van der Waals surface area contributed by atoms with Crippen LogP contribution in [0.25, 0.3) is 54.6 Å². The third kappa shape index (κ3) is 4.80. The van der Waals surface area contributed by atoms with E-state index in [0.29, 0.717) is 28.4 Å². The Hall–Kier alpha value is -5.45. The van der Waals surface area contributed by atoms with Crippen LogP contribution >= 0.6 is 11.6 Å². The molecule has 4 nitrogen and oxygen atoms in total. The Morgan fingerprint density at radius 3 is 1.89 bits per heavy atom. The highest BCUT2D eigenvalue weighted by molar-refractivity contribution is 6.31. The molecule has 8 aromatic rings. The van der Waals surface area contributed by atoms with Gasteiger partial charge in [-0.25, -0.2) is 9.59 Å². The smallest absolute Gasteiger partial charge is 0.344 e. The molecule has 0 amide bonds. The highest BCUT2D eigenvalue weighted by Gasteiger charge is 2.20. The minimum absolute atomic E-state index is 0.257. The summed E-state index contributed by atoms with van der Waals surface area (Å²) in [5.41, 5.74) is 7.81. The van der Waals surface area contributed by atoms with Gasteiger partial charge in [0, 0.05) is 21.2 Å². The van der Waals surface area contributed by atoms with Crippen LogP contribution in [0.2, 0.25) is 5.02 Å². The highest BCUT2D eigenvalue weighted by Crippen LogP contribution is 2.39. The van der Waals surface area contributed by atoms with Crippen molar-refractivity contribution < 1.29 is 8.83 Å². The minimum atomic E-state index is -0.306. The van der Waals surface area contributed by atoms with Crippen molar-refractivity contribution in [3.8, 4) is 11.1 Å². The van der Waals surface area contributed by atoms with Gasteiger partial charge in [-0.1, -0.05) is 103 Å². The summed E-state index contributed by atoms with van der Waals surface area (Å²) in [7, 11) is 0. The second-order valence-corrected chi connectivity index (χ2v) is 11.7. The summed E-state index contributed by atoms with van der Waals surface area (Å²) in [5, 5.41) is 5.84. The van der Waals surface area contributed by atoms with Crippen LogP contribution in [0.3, 0.4) is 0 Å². The van der Waals surface area contributed by atoms with Crippen molar-refractivity contribution in [1.29, 1.82) is 0 Å². The molecule has 0 N–H and O–H groups in total. The van der Waals surface area contributed by atoms with E-state index >= 15 is 0 Å². The third-order valence-corrected chi connectivity index (χ3v) is 8.94. The van der Waals surface area contributed by atoms with Crippen molar-refractivity contribution in [1.82, 2.24) is 0 Å². The fraction of sp³-hybridized carbons (Fsp3) is 0.0500. The largest absolute Gasteiger partial charge is 0.422 e. The van der Waals surface area contributed by atoms with E-state index < -0.39 is 0 Å².